The molecule has 0 radical (unpaired) electrons. The molecule has 2 rings (SSSR count). The topological polar surface area (TPSA) is 18.5 Å². The molecule has 1 aromatic carbocycles. The first-order valence-corrected chi connectivity index (χ1v) is 7.26. The summed E-state index contributed by atoms with van der Waals surface area (Å²) < 4.78 is 11.3. The largest absolute Gasteiger partial charge is 0.490 e. The summed E-state index contributed by atoms with van der Waals surface area (Å²) in [6, 6.07) is 6.26. The fourth-order valence-corrected chi connectivity index (χ4v) is 2.53. The van der Waals surface area contributed by atoms with Crippen molar-refractivity contribution in [3.8, 4) is 11.5 Å². The van der Waals surface area contributed by atoms with Crippen molar-refractivity contribution in [3.63, 3.8) is 0 Å². The van der Waals surface area contributed by atoms with Crippen molar-refractivity contribution in [2.24, 2.45) is 0 Å². The molecule has 17 heavy (non-hydrogen) atoms. The summed E-state index contributed by atoms with van der Waals surface area (Å²) in [7, 11) is 0. The van der Waals surface area contributed by atoms with Crippen LogP contribution in [-0.2, 0) is 0 Å². The fraction of sp³-hybridized carbons (Fsp3) is 0.571. The van der Waals surface area contributed by atoms with Gasteiger partial charge in [0.25, 0.3) is 0 Å². The molecule has 94 valence electrons. The van der Waals surface area contributed by atoms with Crippen LogP contribution in [0.1, 0.15) is 43.0 Å². The molecule has 1 unspecified atom stereocenters. The van der Waals surface area contributed by atoms with Crippen molar-refractivity contribution in [2.75, 3.05) is 13.2 Å². The number of rotatable bonds is 4. The van der Waals surface area contributed by atoms with E-state index in [2.05, 4.69) is 35.0 Å². The van der Waals surface area contributed by atoms with Crippen LogP contribution in [0.2, 0.25) is 0 Å². The Morgan fingerprint density at radius 3 is 2.76 bits per heavy atom. The maximum absolute atomic E-state index is 5.70. The molecule has 3 heteroatoms. The standard InChI is InChI=1S/C14H19BrO2/c1-2-3-5-12(15)11-6-7-13-14(10-11)17-9-4-8-16-13/h6-7,10,12H,2-5,8-9H2,1H3. The molecule has 0 fully saturated rings. The SMILES string of the molecule is CCCCC(Br)c1ccc2c(c1)OCCCO2. The molecule has 0 amide bonds. The van der Waals surface area contributed by atoms with Crippen LogP contribution in [0.4, 0.5) is 0 Å². The van der Waals surface area contributed by atoms with Crippen molar-refractivity contribution in [1.82, 2.24) is 0 Å². The first-order valence-electron chi connectivity index (χ1n) is 6.35. The zero-order chi connectivity index (χ0) is 12.1. The zero-order valence-corrected chi connectivity index (χ0v) is 11.8. The van der Waals surface area contributed by atoms with E-state index in [1.54, 1.807) is 0 Å². The summed E-state index contributed by atoms with van der Waals surface area (Å²) in [5.41, 5.74) is 1.28. The van der Waals surface area contributed by atoms with Gasteiger partial charge in [0.1, 0.15) is 0 Å². The summed E-state index contributed by atoms with van der Waals surface area (Å²) >= 11 is 3.74. The first-order chi connectivity index (χ1) is 8.31. The predicted octanol–water partition coefficient (Wildman–Crippen LogP) is 4.47. The van der Waals surface area contributed by atoms with E-state index in [0.717, 1.165) is 37.6 Å². The molecule has 1 heterocycles. The highest BCUT2D eigenvalue weighted by Crippen LogP contribution is 2.36. The van der Waals surface area contributed by atoms with Crippen LogP contribution >= 0.6 is 15.9 Å². The normalized spacial score (nSPS) is 16.4. The van der Waals surface area contributed by atoms with Crippen LogP contribution in [0.15, 0.2) is 18.2 Å². The second-order valence-electron chi connectivity index (χ2n) is 4.37. The van der Waals surface area contributed by atoms with E-state index >= 15 is 0 Å². The number of halogens is 1. The fourth-order valence-electron chi connectivity index (χ4n) is 1.92. The highest BCUT2D eigenvalue weighted by Gasteiger charge is 2.14. The Balaban J connectivity index is 2.11. The van der Waals surface area contributed by atoms with E-state index in [-0.39, 0.29) is 0 Å². The average Bonchev–Trinajstić information content (AvgIpc) is 2.60. The van der Waals surface area contributed by atoms with Crippen LogP contribution in [0.5, 0.6) is 11.5 Å². The highest BCUT2D eigenvalue weighted by molar-refractivity contribution is 9.09. The van der Waals surface area contributed by atoms with Crippen LogP contribution < -0.4 is 9.47 Å². The smallest absolute Gasteiger partial charge is 0.161 e. The summed E-state index contributed by atoms with van der Waals surface area (Å²) in [6.07, 6.45) is 4.59. The Morgan fingerprint density at radius 1 is 1.24 bits per heavy atom. The van der Waals surface area contributed by atoms with E-state index in [4.69, 9.17) is 9.47 Å². The number of hydrogen-bond donors (Lipinski definition) is 0. The van der Waals surface area contributed by atoms with Crippen LogP contribution in [0.25, 0.3) is 0 Å². The molecule has 0 spiro atoms. The Morgan fingerprint density at radius 2 is 2.00 bits per heavy atom. The third-order valence-corrected chi connectivity index (χ3v) is 3.93. The average molecular weight is 299 g/mol. The van der Waals surface area contributed by atoms with Gasteiger partial charge in [0.2, 0.25) is 0 Å². The highest BCUT2D eigenvalue weighted by atomic mass is 79.9. The lowest BCUT2D eigenvalue weighted by Gasteiger charge is -2.13. The van der Waals surface area contributed by atoms with E-state index < -0.39 is 0 Å². The lowest BCUT2D eigenvalue weighted by molar-refractivity contribution is 0.297. The van der Waals surface area contributed by atoms with Gasteiger partial charge in [0.15, 0.2) is 11.5 Å². The van der Waals surface area contributed by atoms with Crippen molar-refractivity contribution < 1.29 is 9.47 Å². The van der Waals surface area contributed by atoms with Gasteiger partial charge in [-0.05, 0) is 24.1 Å². The summed E-state index contributed by atoms with van der Waals surface area (Å²) in [6.45, 7) is 3.71. The number of benzene rings is 1. The second kappa shape index (κ2) is 6.29. The molecule has 1 aromatic rings. The summed E-state index contributed by atoms with van der Waals surface area (Å²) in [4.78, 5) is 0.416. The van der Waals surface area contributed by atoms with Crippen LogP contribution in [-0.4, -0.2) is 13.2 Å². The minimum absolute atomic E-state index is 0.416. The van der Waals surface area contributed by atoms with Crippen molar-refractivity contribution >= 4 is 15.9 Å². The molecule has 0 bridgehead atoms. The van der Waals surface area contributed by atoms with Crippen LogP contribution in [0, 0.1) is 0 Å². The van der Waals surface area contributed by atoms with E-state index in [1.807, 2.05) is 6.07 Å². The molecule has 1 aliphatic heterocycles. The molecule has 0 aromatic heterocycles. The van der Waals surface area contributed by atoms with E-state index in [9.17, 15) is 0 Å². The molecule has 2 nitrogen and oxygen atoms in total. The van der Waals surface area contributed by atoms with Gasteiger partial charge in [-0.25, -0.2) is 0 Å². The van der Waals surface area contributed by atoms with Gasteiger partial charge in [-0.3, -0.25) is 0 Å². The lowest BCUT2D eigenvalue weighted by Crippen LogP contribution is -1.97. The third-order valence-electron chi connectivity index (χ3n) is 2.94. The van der Waals surface area contributed by atoms with Gasteiger partial charge in [-0.1, -0.05) is 41.8 Å². The van der Waals surface area contributed by atoms with Gasteiger partial charge < -0.3 is 9.47 Å². The predicted molar refractivity (Wildman–Crippen MR) is 73.2 cm³/mol. The molecular formula is C14H19BrO2. The molecule has 0 aliphatic carbocycles. The minimum atomic E-state index is 0.416. The molecule has 0 N–H and O–H groups in total. The van der Waals surface area contributed by atoms with Gasteiger partial charge in [0.05, 0.1) is 13.2 Å². The number of hydrogen-bond acceptors (Lipinski definition) is 2. The van der Waals surface area contributed by atoms with Gasteiger partial charge in [-0.2, -0.15) is 0 Å². The molecule has 1 atom stereocenters. The Labute approximate surface area is 111 Å². The van der Waals surface area contributed by atoms with Gasteiger partial charge in [-0.15, -0.1) is 0 Å². The van der Waals surface area contributed by atoms with Gasteiger partial charge in [0, 0.05) is 11.2 Å². The Bertz CT molecular complexity index is 365. The maximum atomic E-state index is 5.70. The molecule has 1 aliphatic rings. The number of unbranched alkanes of at least 4 members (excludes halogenated alkanes) is 1. The number of ether oxygens (including phenoxy) is 2. The monoisotopic (exact) mass is 298 g/mol. The molecular weight excluding hydrogens is 280 g/mol. The number of alkyl halides is 1. The van der Waals surface area contributed by atoms with E-state index in [1.165, 1.54) is 18.4 Å². The maximum Gasteiger partial charge on any atom is 0.161 e. The minimum Gasteiger partial charge on any atom is -0.490 e. The van der Waals surface area contributed by atoms with Crippen molar-refractivity contribution in [3.05, 3.63) is 23.8 Å². The van der Waals surface area contributed by atoms with E-state index in [0.29, 0.717) is 4.83 Å². The Hall–Kier alpha value is -0.700. The zero-order valence-electron chi connectivity index (χ0n) is 10.2. The molecule has 0 saturated heterocycles. The summed E-state index contributed by atoms with van der Waals surface area (Å²) in [5.74, 6) is 1.77. The Kier molecular flexibility index (Phi) is 4.72. The molecule has 0 saturated carbocycles. The third kappa shape index (κ3) is 3.38. The van der Waals surface area contributed by atoms with Crippen LogP contribution in [0.3, 0.4) is 0 Å². The first kappa shape index (κ1) is 12.7. The van der Waals surface area contributed by atoms with Crippen molar-refractivity contribution in [2.45, 2.75) is 37.4 Å². The van der Waals surface area contributed by atoms with Crippen molar-refractivity contribution in [1.29, 1.82) is 0 Å². The quantitative estimate of drug-likeness (QED) is 0.763. The lowest BCUT2D eigenvalue weighted by atomic mass is 10.1. The van der Waals surface area contributed by atoms with Gasteiger partial charge >= 0.3 is 0 Å². The second-order valence-corrected chi connectivity index (χ2v) is 5.47. The number of fused-ring (bicyclic) bond motifs is 1. The summed E-state index contributed by atoms with van der Waals surface area (Å²) in [5, 5.41) is 0.